The molecular formula is C21H23N5O3S2. The smallest absolute Gasteiger partial charge is 0.233 e. The summed E-state index contributed by atoms with van der Waals surface area (Å²) in [5.74, 6) is 0.919. The van der Waals surface area contributed by atoms with Gasteiger partial charge in [-0.2, -0.15) is 0 Å². The Labute approximate surface area is 185 Å². The van der Waals surface area contributed by atoms with Gasteiger partial charge in [0.1, 0.15) is 0 Å². The summed E-state index contributed by atoms with van der Waals surface area (Å²) >= 11 is 1.30. The summed E-state index contributed by atoms with van der Waals surface area (Å²) in [7, 11) is -3.05. The van der Waals surface area contributed by atoms with Crippen LogP contribution >= 0.6 is 11.8 Å². The van der Waals surface area contributed by atoms with Crippen LogP contribution in [-0.2, 0) is 14.6 Å². The highest BCUT2D eigenvalue weighted by molar-refractivity contribution is 7.99. The highest BCUT2D eigenvalue weighted by atomic mass is 32.2. The van der Waals surface area contributed by atoms with Crippen LogP contribution in [0.15, 0.2) is 60.0 Å². The number of carbonyl (C=O) groups is 1. The Morgan fingerprint density at radius 1 is 1.16 bits per heavy atom. The number of hydrogen-bond acceptors (Lipinski definition) is 7. The van der Waals surface area contributed by atoms with Crippen LogP contribution in [-0.4, -0.2) is 68.8 Å². The Morgan fingerprint density at radius 3 is 2.55 bits per heavy atom. The van der Waals surface area contributed by atoms with Gasteiger partial charge in [-0.15, -0.1) is 10.2 Å². The predicted octanol–water partition coefficient (Wildman–Crippen LogP) is 2.46. The van der Waals surface area contributed by atoms with E-state index < -0.39 is 9.84 Å². The van der Waals surface area contributed by atoms with Crippen molar-refractivity contribution < 1.29 is 13.2 Å². The summed E-state index contributed by atoms with van der Waals surface area (Å²) in [5.41, 5.74) is 1.76. The van der Waals surface area contributed by atoms with E-state index in [-0.39, 0.29) is 29.2 Å². The van der Waals surface area contributed by atoms with Gasteiger partial charge in [0.25, 0.3) is 0 Å². The van der Waals surface area contributed by atoms with Gasteiger partial charge < -0.3 is 4.90 Å². The molecule has 1 fully saturated rings. The average Bonchev–Trinajstić information content (AvgIpc) is 3.37. The second-order valence-corrected chi connectivity index (χ2v) is 10.4. The van der Waals surface area contributed by atoms with E-state index in [9.17, 15) is 13.2 Å². The number of aromatic nitrogens is 4. The van der Waals surface area contributed by atoms with Crippen LogP contribution in [0.5, 0.6) is 0 Å². The zero-order valence-electron chi connectivity index (χ0n) is 17.1. The molecule has 0 spiro atoms. The van der Waals surface area contributed by atoms with Crippen LogP contribution in [0.1, 0.15) is 13.3 Å². The summed E-state index contributed by atoms with van der Waals surface area (Å²) < 4.78 is 25.6. The minimum absolute atomic E-state index is 0.0453. The number of para-hydroxylation sites is 1. The van der Waals surface area contributed by atoms with E-state index in [1.54, 1.807) is 17.3 Å². The summed E-state index contributed by atoms with van der Waals surface area (Å²) in [6.45, 7) is 2.36. The first-order valence-electron chi connectivity index (χ1n) is 10.0. The molecule has 3 heterocycles. The fraction of sp³-hybridized carbons (Fsp3) is 0.333. The highest BCUT2D eigenvalue weighted by Crippen LogP contribution is 2.28. The largest absolute Gasteiger partial charge is 0.338 e. The SMILES string of the molecule is CCN(C(=O)CSc1nnc(-c2ccncc2)n1-c1ccccc1)[C@@H]1CCS(=O)(=O)C1. The maximum absolute atomic E-state index is 12.9. The molecule has 162 valence electrons. The highest BCUT2D eigenvalue weighted by Gasteiger charge is 2.34. The van der Waals surface area contributed by atoms with E-state index in [0.717, 1.165) is 11.3 Å². The third-order valence-corrected chi connectivity index (χ3v) is 7.89. The first-order valence-corrected chi connectivity index (χ1v) is 12.8. The van der Waals surface area contributed by atoms with Crippen molar-refractivity contribution in [2.75, 3.05) is 23.8 Å². The first kappa shape index (κ1) is 21.5. The van der Waals surface area contributed by atoms with Gasteiger partial charge >= 0.3 is 0 Å². The van der Waals surface area contributed by atoms with Crippen molar-refractivity contribution >= 4 is 27.5 Å². The van der Waals surface area contributed by atoms with Crippen molar-refractivity contribution in [2.24, 2.45) is 0 Å². The number of amides is 1. The van der Waals surface area contributed by atoms with E-state index in [4.69, 9.17) is 0 Å². The molecule has 4 rings (SSSR count). The van der Waals surface area contributed by atoms with Crippen LogP contribution < -0.4 is 0 Å². The van der Waals surface area contributed by atoms with Crippen LogP contribution in [0.2, 0.25) is 0 Å². The molecule has 8 nitrogen and oxygen atoms in total. The maximum atomic E-state index is 12.9. The van der Waals surface area contributed by atoms with Gasteiger partial charge in [0.2, 0.25) is 5.91 Å². The Morgan fingerprint density at radius 2 is 1.90 bits per heavy atom. The molecule has 1 aromatic carbocycles. The fourth-order valence-corrected chi connectivity index (χ4v) is 6.30. The summed E-state index contributed by atoms with van der Waals surface area (Å²) in [5, 5.41) is 9.30. The molecule has 0 unspecified atom stereocenters. The number of hydrogen-bond donors (Lipinski definition) is 0. The normalized spacial score (nSPS) is 17.5. The average molecular weight is 458 g/mol. The number of nitrogens with zero attached hydrogens (tertiary/aromatic N) is 5. The van der Waals surface area contributed by atoms with Crippen molar-refractivity contribution in [2.45, 2.75) is 24.5 Å². The van der Waals surface area contributed by atoms with E-state index >= 15 is 0 Å². The van der Waals surface area contributed by atoms with Crippen LogP contribution in [0.25, 0.3) is 17.1 Å². The monoisotopic (exact) mass is 457 g/mol. The van der Waals surface area contributed by atoms with Gasteiger partial charge in [0.05, 0.1) is 17.3 Å². The number of carbonyl (C=O) groups excluding carboxylic acids is 1. The van der Waals surface area contributed by atoms with E-state index in [0.29, 0.717) is 23.9 Å². The lowest BCUT2D eigenvalue weighted by Gasteiger charge is -2.26. The molecule has 2 aromatic heterocycles. The van der Waals surface area contributed by atoms with E-state index in [1.165, 1.54) is 11.8 Å². The molecule has 1 atom stereocenters. The van der Waals surface area contributed by atoms with Crippen molar-refractivity contribution in [1.29, 1.82) is 0 Å². The number of thioether (sulfide) groups is 1. The number of rotatable bonds is 7. The zero-order valence-corrected chi connectivity index (χ0v) is 18.7. The third kappa shape index (κ3) is 4.80. The van der Waals surface area contributed by atoms with Crippen LogP contribution in [0.3, 0.4) is 0 Å². The molecule has 10 heteroatoms. The van der Waals surface area contributed by atoms with Gasteiger partial charge in [0.15, 0.2) is 20.8 Å². The lowest BCUT2D eigenvalue weighted by Crippen LogP contribution is -2.42. The Balaban J connectivity index is 1.57. The number of benzene rings is 1. The van der Waals surface area contributed by atoms with Crippen LogP contribution in [0.4, 0.5) is 0 Å². The van der Waals surface area contributed by atoms with Crippen molar-refractivity contribution in [1.82, 2.24) is 24.6 Å². The molecular weight excluding hydrogens is 434 g/mol. The molecule has 31 heavy (non-hydrogen) atoms. The van der Waals surface area contributed by atoms with E-state index in [2.05, 4.69) is 15.2 Å². The molecule has 0 bridgehead atoms. The zero-order chi connectivity index (χ0) is 21.8. The number of sulfone groups is 1. The van der Waals surface area contributed by atoms with Gasteiger partial charge in [0, 0.05) is 36.2 Å². The lowest BCUT2D eigenvalue weighted by molar-refractivity contribution is -0.129. The van der Waals surface area contributed by atoms with Crippen molar-refractivity contribution in [3.8, 4) is 17.1 Å². The third-order valence-electron chi connectivity index (χ3n) is 5.22. The minimum Gasteiger partial charge on any atom is -0.338 e. The van der Waals surface area contributed by atoms with Crippen molar-refractivity contribution in [3.05, 3.63) is 54.9 Å². The minimum atomic E-state index is -3.05. The molecule has 0 saturated carbocycles. The predicted molar refractivity (Wildman–Crippen MR) is 120 cm³/mol. The first-order chi connectivity index (χ1) is 15.0. The standard InChI is InChI=1S/C21H23N5O3S2/c1-2-25(18-10-13-31(28,29)15-18)19(27)14-30-21-24-23-20(16-8-11-22-12-9-16)26(21)17-6-4-3-5-7-17/h3-9,11-12,18H,2,10,13-15H2,1H3/t18-/m1/s1. The molecule has 1 aliphatic heterocycles. The molecule has 3 aromatic rings. The summed E-state index contributed by atoms with van der Waals surface area (Å²) in [6.07, 6.45) is 3.90. The van der Waals surface area contributed by atoms with Gasteiger partial charge in [-0.25, -0.2) is 8.42 Å². The topological polar surface area (TPSA) is 98.1 Å². The lowest BCUT2D eigenvalue weighted by atomic mass is 10.2. The quantitative estimate of drug-likeness (QED) is 0.503. The van der Waals surface area contributed by atoms with Crippen LogP contribution in [0, 0.1) is 0 Å². The Bertz CT molecular complexity index is 1150. The number of pyridine rings is 1. The molecule has 1 amide bonds. The Hall–Kier alpha value is -2.72. The fourth-order valence-electron chi connectivity index (χ4n) is 3.73. The van der Waals surface area contributed by atoms with Gasteiger partial charge in [-0.3, -0.25) is 14.3 Å². The molecule has 0 N–H and O–H groups in total. The summed E-state index contributed by atoms with van der Waals surface area (Å²) in [6, 6.07) is 13.2. The van der Waals surface area contributed by atoms with Gasteiger partial charge in [-0.1, -0.05) is 30.0 Å². The molecule has 0 aliphatic carbocycles. The summed E-state index contributed by atoms with van der Waals surface area (Å²) in [4.78, 5) is 18.6. The molecule has 0 radical (unpaired) electrons. The maximum Gasteiger partial charge on any atom is 0.233 e. The van der Waals surface area contributed by atoms with Gasteiger partial charge in [-0.05, 0) is 37.6 Å². The van der Waals surface area contributed by atoms with Crippen molar-refractivity contribution in [3.63, 3.8) is 0 Å². The molecule has 1 saturated heterocycles. The molecule has 1 aliphatic rings. The second kappa shape index (κ2) is 9.19. The Kier molecular flexibility index (Phi) is 6.38. The second-order valence-electron chi connectivity index (χ2n) is 7.24. The van der Waals surface area contributed by atoms with E-state index in [1.807, 2.05) is 54.0 Å².